The summed E-state index contributed by atoms with van der Waals surface area (Å²) in [6.45, 7) is 6.50. The van der Waals surface area contributed by atoms with Gasteiger partial charge in [-0.3, -0.25) is 4.98 Å². The van der Waals surface area contributed by atoms with E-state index in [4.69, 9.17) is 0 Å². The van der Waals surface area contributed by atoms with Crippen LogP contribution in [-0.4, -0.2) is 4.98 Å². The van der Waals surface area contributed by atoms with Crippen LogP contribution in [0, 0.1) is 13.8 Å². The fourth-order valence-electron chi connectivity index (χ4n) is 2.59. The molecule has 2 heteroatoms. The van der Waals surface area contributed by atoms with E-state index in [1.165, 1.54) is 22.1 Å². The molecule has 0 amide bonds. The Labute approximate surface area is 125 Å². The van der Waals surface area contributed by atoms with E-state index in [0.29, 0.717) is 0 Å². The lowest BCUT2D eigenvalue weighted by Crippen LogP contribution is -2.07. The fraction of sp³-hybridized carbons (Fsp3) is 0.211. The van der Waals surface area contributed by atoms with Gasteiger partial charge in [0.2, 0.25) is 0 Å². The van der Waals surface area contributed by atoms with Crippen molar-refractivity contribution in [2.75, 3.05) is 5.32 Å². The Morgan fingerprint density at radius 1 is 1.00 bits per heavy atom. The predicted octanol–water partition coefficient (Wildman–Crippen LogP) is 5.02. The molecule has 1 N–H and O–H groups in total. The van der Waals surface area contributed by atoms with Gasteiger partial charge in [-0.25, -0.2) is 0 Å². The maximum atomic E-state index is 4.24. The number of rotatable bonds is 3. The van der Waals surface area contributed by atoms with E-state index in [9.17, 15) is 0 Å². The summed E-state index contributed by atoms with van der Waals surface area (Å²) in [5, 5.41) is 5.98. The van der Waals surface area contributed by atoms with Gasteiger partial charge >= 0.3 is 0 Å². The van der Waals surface area contributed by atoms with Crippen LogP contribution in [0.15, 0.2) is 54.9 Å². The lowest BCUT2D eigenvalue weighted by Gasteiger charge is -2.18. The second kappa shape index (κ2) is 5.57. The molecule has 3 rings (SSSR count). The minimum atomic E-state index is 0.259. The number of nitrogens with one attached hydrogen (secondary N) is 1. The van der Waals surface area contributed by atoms with E-state index >= 15 is 0 Å². The number of aryl methyl sites for hydroxylation is 2. The predicted molar refractivity (Wildman–Crippen MR) is 89.7 cm³/mol. The van der Waals surface area contributed by atoms with Crippen molar-refractivity contribution in [2.24, 2.45) is 0 Å². The van der Waals surface area contributed by atoms with Crippen LogP contribution in [0.25, 0.3) is 10.8 Å². The zero-order valence-electron chi connectivity index (χ0n) is 12.7. The molecular formula is C19H20N2. The van der Waals surface area contributed by atoms with Crippen molar-refractivity contribution in [3.63, 3.8) is 0 Å². The molecule has 0 spiro atoms. The van der Waals surface area contributed by atoms with Crippen molar-refractivity contribution in [3.8, 4) is 0 Å². The van der Waals surface area contributed by atoms with Crippen LogP contribution in [0.1, 0.15) is 29.7 Å². The molecule has 0 aliphatic heterocycles. The Morgan fingerprint density at radius 3 is 2.67 bits per heavy atom. The van der Waals surface area contributed by atoms with Crippen molar-refractivity contribution in [1.29, 1.82) is 0 Å². The molecule has 2 nitrogen and oxygen atoms in total. The summed E-state index contributed by atoms with van der Waals surface area (Å²) < 4.78 is 0. The molecule has 106 valence electrons. The summed E-state index contributed by atoms with van der Waals surface area (Å²) in [5.74, 6) is 0. The van der Waals surface area contributed by atoms with Crippen molar-refractivity contribution in [2.45, 2.75) is 26.8 Å². The van der Waals surface area contributed by atoms with Crippen LogP contribution in [0.5, 0.6) is 0 Å². The van der Waals surface area contributed by atoms with Crippen molar-refractivity contribution < 1.29 is 0 Å². The number of pyridine rings is 1. The second-order valence-electron chi connectivity index (χ2n) is 5.61. The molecule has 0 aliphatic carbocycles. The van der Waals surface area contributed by atoms with Gasteiger partial charge < -0.3 is 5.32 Å². The normalized spacial score (nSPS) is 12.3. The van der Waals surface area contributed by atoms with Crippen LogP contribution in [0.3, 0.4) is 0 Å². The number of hydrogen-bond acceptors (Lipinski definition) is 2. The highest BCUT2D eigenvalue weighted by Gasteiger charge is 2.08. The average Bonchev–Trinajstić information content (AvgIpc) is 2.50. The SMILES string of the molecule is Cc1ccc(C(C)Nc2cccc3ccncc23)cc1C. The Morgan fingerprint density at radius 2 is 1.86 bits per heavy atom. The topological polar surface area (TPSA) is 24.9 Å². The number of benzene rings is 2. The van der Waals surface area contributed by atoms with Gasteiger partial charge in [0.25, 0.3) is 0 Å². The standard InChI is InChI=1S/C19H20N2/c1-13-7-8-17(11-14(13)2)15(3)21-19-6-4-5-16-9-10-20-12-18(16)19/h4-12,15,21H,1-3H3. The van der Waals surface area contributed by atoms with Crippen LogP contribution in [0.2, 0.25) is 0 Å². The Bertz CT molecular complexity index is 772. The first-order valence-electron chi connectivity index (χ1n) is 7.31. The molecule has 0 bridgehead atoms. The lowest BCUT2D eigenvalue weighted by atomic mass is 10.0. The van der Waals surface area contributed by atoms with E-state index in [1.807, 2.05) is 18.5 Å². The van der Waals surface area contributed by atoms with Gasteiger partial charge in [-0.05, 0) is 55.0 Å². The lowest BCUT2D eigenvalue weighted by molar-refractivity contribution is 0.883. The molecule has 1 aromatic heterocycles. The van der Waals surface area contributed by atoms with E-state index in [0.717, 1.165) is 11.1 Å². The van der Waals surface area contributed by atoms with Crippen molar-refractivity contribution >= 4 is 16.5 Å². The second-order valence-corrected chi connectivity index (χ2v) is 5.61. The van der Waals surface area contributed by atoms with Gasteiger partial charge in [-0.2, -0.15) is 0 Å². The van der Waals surface area contributed by atoms with Crippen molar-refractivity contribution in [1.82, 2.24) is 4.98 Å². The third-order valence-corrected chi connectivity index (χ3v) is 4.09. The first kappa shape index (κ1) is 13.6. The van der Waals surface area contributed by atoms with E-state index in [-0.39, 0.29) is 6.04 Å². The largest absolute Gasteiger partial charge is 0.378 e. The van der Waals surface area contributed by atoms with Gasteiger partial charge in [-0.15, -0.1) is 0 Å². The molecule has 0 radical (unpaired) electrons. The molecule has 2 aromatic carbocycles. The molecule has 0 saturated carbocycles. The van der Waals surface area contributed by atoms with Gasteiger partial charge in [0.05, 0.1) is 0 Å². The molecule has 21 heavy (non-hydrogen) atoms. The Balaban J connectivity index is 1.92. The number of hydrogen-bond donors (Lipinski definition) is 1. The zero-order valence-corrected chi connectivity index (χ0v) is 12.7. The number of fused-ring (bicyclic) bond motifs is 1. The molecule has 0 aliphatic rings. The zero-order chi connectivity index (χ0) is 14.8. The number of anilines is 1. The summed E-state index contributed by atoms with van der Waals surface area (Å²) in [6.07, 6.45) is 3.75. The molecular weight excluding hydrogens is 256 g/mol. The third kappa shape index (κ3) is 2.75. The molecule has 0 saturated heterocycles. The number of aromatic nitrogens is 1. The van der Waals surface area contributed by atoms with Gasteiger partial charge in [0.15, 0.2) is 0 Å². The Hall–Kier alpha value is -2.35. The van der Waals surface area contributed by atoms with Gasteiger partial charge in [0, 0.05) is 29.5 Å². The molecule has 1 unspecified atom stereocenters. The molecule has 0 fully saturated rings. The molecule has 1 atom stereocenters. The van der Waals surface area contributed by atoms with Gasteiger partial charge in [-0.1, -0.05) is 30.3 Å². The summed E-state index contributed by atoms with van der Waals surface area (Å²) in [4.78, 5) is 4.24. The van der Waals surface area contributed by atoms with Crippen LogP contribution >= 0.6 is 0 Å². The minimum absolute atomic E-state index is 0.259. The van der Waals surface area contributed by atoms with E-state index < -0.39 is 0 Å². The van der Waals surface area contributed by atoms with Crippen LogP contribution < -0.4 is 5.32 Å². The quantitative estimate of drug-likeness (QED) is 0.726. The minimum Gasteiger partial charge on any atom is -0.378 e. The van der Waals surface area contributed by atoms with Crippen LogP contribution in [0.4, 0.5) is 5.69 Å². The van der Waals surface area contributed by atoms with Crippen LogP contribution in [-0.2, 0) is 0 Å². The summed E-state index contributed by atoms with van der Waals surface area (Å²) in [5.41, 5.74) is 5.10. The fourth-order valence-corrected chi connectivity index (χ4v) is 2.59. The average molecular weight is 276 g/mol. The maximum Gasteiger partial charge on any atom is 0.0485 e. The highest BCUT2D eigenvalue weighted by Crippen LogP contribution is 2.27. The van der Waals surface area contributed by atoms with Gasteiger partial charge in [0.1, 0.15) is 0 Å². The van der Waals surface area contributed by atoms with Crippen molar-refractivity contribution in [3.05, 3.63) is 71.5 Å². The third-order valence-electron chi connectivity index (χ3n) is 4.09. The summed E-state index contributed by atoms with van der Waals surface area (Å²) >= 11 is 0. The summed E-state index contributed by atoms with van der Waals surface area (Å²) in [6, 6.07) is 15.3. The Kier molecular flexibility index (Phi) is 3.61. The highest BCUT2D eigenvalue weighted by molar-refractivity contribution is 5.93. The molecule has 3 aromatic rings. The highest BCUT2D eigenvalue weighted by atomic mass is 14.9. The smallest absolute Gasteiger partial charge is 0.0485 e. The maximum absolute atomic E-state index is 4.24. The molecule has 1 heterocycles. The summed E-state index contributed by atoms with van der Waals surface area (Å²) in [7, 11) is 0. The monoisotopic (exact) mass is 276 g/mol. The number of nitrogens with zero attached hydrogens (tertiary/aromatic N) is 1. The van der Waals surface area contributed by atoms with E-state index in [1.54, 1.807) is 0 Å². The van der Waals surface area contributed by atoms with E-state index in [2.05, 4.69) is 67.5 Å². The first-order valence-corrected chi connectivity index (χ1v) is 7.31. The first-order chi connectivity index (χ1) is 10.1.